The van der Waals surface area contributed by atoms with Crippen LogP contribution in [0.5, 0.6) is 0 Å². The van der Waals surface area contributed by atoms with Gasteiger partial charge in [0.05, 0.1) is 0 Å². The molecule has 1 heterocycles. The van der Waals surface area contributed by atoms with E-state index in [1.165, 1.54) is 34.9 Å². The van der Waals surface area contributed by atoms with Gasteiger partial charge in [0.1, 0.15) is 11.4 Å². The Morgan fingerprint density at radius 1 is 1.11 bits per heavy atom. The van der Waals surface area contributed by atoms with E-state index in [0.717, 1.165) is 4.90 Å². The fourth-order valence-corrected chi connectivity index (χ4v) is 3.67. The van der Waals surface area contributed by atoms with Crippen LogP contribution < -0.4 is 5.32 Å². The molecule has 4 nitrogen and oxygen atoms in total. The Bertz CT molecular complexity index is 972. The fourth-order valence-electron chi connectivity index (χ4n) is 2.48. The van der Waals surface area contributed by atoms with Crippen molar-refractivity contribution < 1.29 is 14.0 Å². The molecule has 0 aliphatic carbocycles. The van der Waals surface area contributed by atoms with Gasteiger partial charge >= 0.3 is 0 Å². The molecule has 0 bridgehead atoms. The summed E-state index contributed by atoms with van der Waals surface area (Å²) < 4.78 is 14.0. The number of carbonyl (C=O) groups is 2. The van der Waals surface area contributed by atoms with E-state index in [2.05, 4.69) is 11.9 Å². The highest BCUT2D eigenvalue weighted by Crippen LogP contribution is 2.33. The molecule has 1 aliphatic rings. The normalized spacial score (nSPS) is 15.8. The van der Waals surface area contributed by atoms with Crippen LogP contribution in [0.3, 0.4) is 0 Å². The molecule has 2 aromatic rings. The van der Waals surface area contributed by atoms with E-state index in [-0.39, 0.29) is 23.0 Å². The van der Waals surface area contributed by atoms with E-state index in [1.54, 1.807) is 36.4 Å². The topological polar surface area (TPSA) is 49.4 Å². The van der Waals surface area contributed by atoms with E-state index in [4.69, 9.17) is 12.2 Å². The molecular weight excluding hydrogens is 383 g/mol. The van der Waals surface area contributed by atoms with Crippen molar-refractivity contribution in [3.05, 3.63) is 78.1 Å². The lowest BCUT2D eigenvalue weighted by Gasteiger charge is -2.27. The molecule has 1 saturated heterocycles. The number of nitrogens with one attached hydrogen (secondary N) is 1. The Labute approximate surface area is 165 Å². The summed E-state index contributed by atoms with van der Waals surface area (Å²) in [6.07, 6.45) is 3.03. The van der Waals surface area contributed by atoms with Gasteiger partial charge in [-0.15, -0.1) is 6.58 Å². The number of benzene rings is 2. The summed E-state index contributed by atoms with van der Waals surface area (Å²) >= 11 is 6.27. The third-order valence-corrected chi connectivity index (χ3v) is 5.24. The van der Waals surface area contributed by atoms with Crippen LogP contribution in [0.1, 0.15) is 5.56 Å². The molecule has 2 aromatic carbocycles. The molecule has 2 amide bonds. The number of thiocarbonyl (C=S) groups is 1. The molecular formula is C20H15FN2O2S2. The largest absolute Gasteiger partial charge is 0.298 e. The Morgan fingerprint density at radius 3 is 2.48 bits per heavy atom. The average molecular weight is 398 g/mol. The minimum absolute atomic E-state index is 0.0352. The van der Waals surface area contributed by atoms with Crippen molar-refractivity contribution in [1.29, 1.82) is 0 Å². The molecule has 0 spiro atoms. The second kappa shape index (κ2) is 8.28. The average Bonchev–Trinajstić information content (AvgIpc) is 2.65. The smallest absolute Gasteiger partial charge is 0.265 e. The van der Waals surface area contributed by atoms with Crippen LogP contribution in [-0.4, -0.2) is 28.4 Å². The van der Waals surface area contributed by atoms with Gasteiger partial charge in [0.15, 0.2) is 5.11 Å². The summed E-state index contributed by atoms with van der Waals surface area (Å²) in [6.45, 7) is 3.79. The van der Waals surface area contributed by atoms with Gasteiger partial charge < -0.3 is 0 Å². The SMILES string of the molecule is C=CCN1C(=O)/C(=C/c2ccccc2Sc2ccccc2F)C(=O)NC1=S. The first-order valence-corrected chi connectivity index (χ1v) is 9.25. The van der Waals surface area contributed by atoms with E-state index in [0.29, 0.717) is 10.5 Å². The minimum atomic E-state index is -0.559. The number of halogens is 1. The van der Waals surface area contributed by atoms with Gasteiger partial charge in [-0.05, 0) is 42.1 Å². The van der Waals surface area contributed by atoms with Crippen LogP contribution in [0.2, 0.25) is 0 Å². The lowest BCUT2D eigenvalue weighted by Crippen LogP contribution is -2.53. The molecule has 0 saturated carbocycles. The molecule has 27 heavy (non-hydrogen) atoms. The van der Waals surface area contributed by atoms with Crippen LogP contribution in [0.15, 0.2) is 76.5 Å². The number of carbonyl (C=O) groups excluding carboxylic acids is 2. The van der Waals surface area contributed by atoms with Crippen molar-refractivity contribution in [2.24, 2.45) is 0 Å². The number of rotatable bonds is 5. The summed E-state index contributed by atoms with van der Waals surface area (Å²) in [7, 11) is 0. The van der Waals surface area contributed by atoms with Gasteiger partial charge in [-0.1, -0.05) is 48.2 Å². The second-order valence-corrected chi connectivity index (χ2v) is 7.06. The monoisotopic (exact) mass is 398 g/mol. The summed E-state index contributed by atoms with van der Waals surface area (Å²) in [4.78, 5) is 27.4. The highest BCUT2D eigenvalue weighted by Gasteiger charge is 2.32. The maximum absolute atomic E-state index is 14.0. The van der Waals surface area contributed by atoms with E-state index >= 15 is 0 Å². The van der Waals surface area contributed by atoms with Gasteiger partial charge in [-0.3, -0.25) is 19.8 Å². The van der Waals surface area contributed by atoms with Crippen molar-refractivity contribution in [3.8, 4) is 0 Å². The lowest BCUT2D eigenvalue weighted by molar-refractivity contribution is -0.128. The van der Waals surface area contributed by atoms with E-state index in [1.807, 2.05) is 6.07 Å². The number of amides is 2. The number of hydrogen-bond acceptors (Lipinski definition) is 4. The Hall–Kier alpha value is -2.77. The third kappa shape index (κ3) is 4.15. The highest BCUT2D eigenvalue weighted by molar-refractivity contribution is 7.99. The molecule has 0 unspecified atom stereocenters. The zero-order valence-electron chi connectivity index (χ0n) is 14.1. The Morgan fingerprint density at radius 2 is 1.78 bits per heavy atom. The van der Waals surface area contributed by atoms with Crippen molar-refractivity contribution in [1.82, 2.24) is 10.2 Å². The summed E-state index contributed by atoms with van der Waals surface area (Å²) in [5.74, 6) is -1.38. The molecule has 1 fully saturated rings. The molecule has 7 heteroatoms. The molecule has 136 valence electrons. The standard InChI is InChI=1S/C20H15FN2O2S2/c1-2-11-23-19(25)14(18(24)22-20(23)26)12-13-7-3-5-9-16(13)27-17-10-6-4-8-15(17)21/h2-10,12H,1,11H2,(H,22,24,26)/b14-12+. The van der Waals surface area contributed by atoms with E-state index < -0.39 is 11.8 Å². The quantitative estimate of drug-likeness (QED) is 0.360. The molecule has 0 atom stereocenters. The van der Waals surface area contributed by atoms with Crippen molar-refractivity contribution in [2.75, 3.05) is 6.54 Å². The predicted octanol–water partition coefficient (Wildman–Crippen LogP) is 3.79. The number of hydrogen-bond donors (Lipinski definition) is 1. The van der Waals surface area contributed by atoms with Gasteiger partial charge in [0.25, 0.3) is 11.8 Å². The first-order chi connectivity index (χ1) is 13.0. The van der Waals surface area contributed by atoms with Crippen LogP contribution >= 0.6 is 24.0 Å². The van der Waals surface area contributed by atoms with Gasteiger partial charge in [0, 0.05) is 16.3 Å². The van der Waals surface area contributed by atoms with Crippen LogP contribution in [0, 0.1) is 5.82 Å². The summed E-state index contributed by atoms with van der Waals surface area (Å²) in [5, 5.41) is 2.56. The van der Waals surface area contributed by atoms with Gasteiger partial charge in [-0.25, -0.2) is 4.39 Å². The lowest BCUT2D eigenvalue weighted by atomic mass is 10.1. The summed E-state index contributed by atoms with van der Waals surface area (Å²) in [6, 6.07) is 13.6. The van der Waals surface area contributed by atoms with E-state index in [9.17, 15) is 14.0 Å². The molecule has 1 N–H and O–H groups in total. The van der Waals surface area contributed by atoms with Crippen molar-refractivity contribution in [3.63, 3.8) is 0 Å². The maximum atomic E-state index is 14.0. The highest BCUT2D eigenvalue weighted by atomic mass is 32.2. The first kappa shape index (κ1) is 19.0. The zero-order valence-corrected chi connectivity index (χ0v) is 15.8. The van der Waals surface area contributed by atoms with Gasteiger partial charge in [-0.2, -0.15) is 0 Å². The molecule has 0 radical (unpaired) electrons. The second-order valence-electron chi connectivity index (χ2n) is 5.59. The zero-order chi connectivity index (χ0) is 19.4. The van der Waals surface area contributed by atoms with Crippen molar-refractivity contribution in [2.45, 2.75) is 9.79 Å². The van der Waals surface area contributed by atoms with Crippen LogP contribution in [0.4, 0.5) is 4.39 Å². The van der Waals surface area contributed by atoms with Crippen LogP contribution in [0.25, 0.3) is 6.08 Å². The minimum Gasteiger partial charge on any atom is -0.298 e. The Balaban J connectivity index is 1.98. The molecule has 3 rings (SSSR count). The fraction of sp³-hybridized carbons (Fsp3) is 0.0500. The molecule has 1 aliphatic heterocycles. The Kier molecular flexibility index (Phi) is 5.83. The maximum Gasteiger partial charge on any atom is 0.265 e. The molecule has 0 aromatic heterocycles. The first-order valence-electron chi connectivity index (χ1n) is 8.02. The third-order valence-electron chi connectivity index (χ3n) is 3.77. The van der Waals surface area contributed by atoms with Crippen LogP contribution in [-0.2, 0) is 9.59 Å². The summed E-state index contributed by atoms with van der Waals surface area (Å²) in [5.41, 5.74) is 0.600. The number of nitrogens with zero attached hydrogens (tertiary/aromatic N) is 1. The predicted molar refractivity (Wildman–Crippen MR) is 108 cm³/mol. The van der Waals surface area contributed by atoms with Gasteiger partial charge in [0.2, 0.25) is 0 Å². The van der Waals surface area contributed by atoms with Crippen molar-refractivity contribution >= 4 is 47.0 Å².